The van der Waals surface area contributed by atoms with Crippen LogP contribution in [-0.4, -0.2) is 56.6 Å². The van der Waals surface area contributed by atoms with Crippen LogP contribution in [0.5, 0.6) is 5.75 Å². The molecule has 6 nitrogen and oxygen atoms in total. The standard InChI is InChI=1S/C24H30FN3O3S/c1-31-22-6-4-3-5-20(22)23(29)27-21(12-14-32-2)24(30)26-15-17-11-13-28(16-17)19-9-7-18(25)8-10-19/h3-10,17,21H,11-16H2,1-2H3,(H,26,30)(H,27,29). The smallest absolute Gasteiger partial charge is 0.255 e. The monoisotopic (exact) mass is 459 g/mol. The number of nitrogens with zero attached hydrogens (tertiary/aromatic N) is 1. The van der Waals surface area contributed by atoms with Gasteiger partial charge >= 0.3 is 0 Å². The summed E-state index contributed by atoms with van der Waals surface area (Å²) in [5.74, 6) is 0.778. The molecule has 0 spiro atoms. The van der Waals surface area contributed by atoms with Crippen molar-refractivity contribution >= 4 is 29.3 Å². The number of para-hydroxylation sites is 1. The Morgan fingerprint density at radius 3 is 2.69 bits per heavy atom. The molecule has 2 unspecified atom stereocenters. The van der Waals surface area contributed by atoms with Gasteiger partial charge in [-0.25, -0.2) is 4.39 Å². The summed E-state index contributed by atoms with van der Waals surface area (Å²) in [5.41, 5.74) is 1.39. The van der Waals surface area contributed by atoms with Crippen LogP contribution in [0.2, 0.25) is 0 Å². The minimum absolute atomic E-state index is 0.178. The van der Waals surface area contributed by atoms with Crippen molar-refractivity contribution in [3.8, 4) is 5.75 Å². The van der Waals surface area contributed by atoms with Crippen LogP contribution in [0.1, 0.15) is 23.2 Å². The summed E-state index contributed by atoms with van der Waals surface area (Å²) in [7, 11) is 1.51. The normalized spacial score (nSPS) is 16.5. The van der Waals surface area contributed by atoms with Crippen molar-refractivity contribution in [1.29, 1.82) is 0 Å². The van der Waals surface area contributed by atoms with Crippen LogP contribution >= 0.6 is 11.8 Å². The molecule has 1 fully saturated rings. The highest BCUT2D eigenvalue weighted by Crippen LogP contribution is 2.23. The minimum Gasteiger partial charge on any atom is -0.496 e. The van der Waals surface area contributed by atoms with E-state index >= 15 is 0 Å². The fourth-order valence-corrected chi connectivity index (χ4v) is 4.30. The number of rotatable bonds is 10. The molecular weight excluding hydrogens is 429 g/mol. The molecule has 0 bridgehead atoms. The van der Waals surface area contributed by atoms with Crippen molar-refractivity contribution in [2.45, 2.75) is 18.9 Å². The second-order valence-electron chi connectivity index (χ2n) is 7.83. The van der Waals surface area contributed by atoms with E-state index in [4.69, 9.17) is 4.74 Å². The number of anilines is 1. The lowest BCUT2D eigenvalue weighted by atomic mass is 10.1. The van der Waals surface area contributed by atoms with Crippen molar-refractivity contribution in [2.24, 2.45) is 5.92 Å². The van der Waals surface area contributed by atoms with Gasteiger partial charge in [-0.2, -0.15) is 11.8 Å². The molecule has 0 aliphatic carbocycles. The Kier molecular flexibility index (Phi) is 8.79. The number of benzene rings is 2. The summed E-state index contributed by atoms with van der Waals surface area (Å²) in [5, 5.41) is 5.89. The van der Waals surface area contributed by atoms with Gasteiger partial charge in [-0.3, -0.25) is 9.59 Å². The highest BCUT2D eigenvalue weighted by Gasteiger charge is 2.26. The molecule has 1 saturated heterocycles. The van der Waals surface area contributed by atoms with Gasteiger partial charge in [0.05, 0.1) is 12.7 Å². The summed E-state index contributed by atoms with van der Waals surface area (Å²) < 4.78 is 18.4. The maximum absolute atomic E-state index is 13.2. The molecule has 0 aromatic heterocycles. The summed E-state index contributed by atoms with van der Waals surface area (Å²) >= 11 is 1.63. The molecule has 1 aliphatic heterocycles. The Morgan fingerprint density at radius 2 is 1.97 bits per heavy atom. The number of methoxy groups -OCH3 is 1. The Bertz CT molecular complexity index is 910. The van der Waals surface area contributed by atoms with Crippen molar-refractivity contribution in [2.75, 3.05) is 43.7 Å². The van der Waals surface area contributed by atoms with E-state index < -0.39 is 6.04 Å². The number of thioether (sulfide) groups is 1. The highest BCUT2D eigenvalue weighted by molar-refractivity contribution is 7.98. The van der Waals surface area contributed by atoms with Gasteiger partial charge in [0.25, 0.3) is 5.91 Å². The maximum Gasteiger partial charge on any atom is 0.255 e. The lowest BCUT2D eigenvalue weighted by Crippen LogP contribution is -2.48. The molecule has 32 heavy (non-hydrogen) atoms. The zero-order valence-corrected chi connectivity index (χ0v) is 19.3. The van der Waals surface area contributed by atoms with Crippen LogP contribution < -0.4 is 20.3 Å². The number of hydrogen-bond acceptors (Lipinski definition) is 5. The molecule has 2 amide bonds. The van der Waals surface area contributed by atoms with Gasteiger partial charge in [-0.05, 0) is 67.2 Å². The van der Waals surface area contributed by atoms with Crippen LogP contribution in [0.25, 0.3) is 0 Å². The highest BCUT2D eigenvalue weighted by atomic mass is 32.2. The fraction of sp³-hybridized carbons (Fsp3) is 0.417. The maximum atomic E-state index is 13.2. The molecule has 172 valence electrons. The van der Waals surface area contributed by atoms with Crippen molar-refractivity contribution in [3.63, 3.8) is 0 Å². The Hall–Kier alpha value is -2.74. The van der Waals surface area contributed by atoms with Crippen molar-refractivity contribution in [3.05, 3.63) is 59.9 Å². The third-order valence-electron chi connectivity index (χ3n) is 5.63. The van der Waals surface area contributed by atoms with Crippen LogP contribution in [0.15, 0.2) is 48.5 Å². The molecule has 3 rings (SSSR count). The molecule has 2 atom stereocenters. The van der Waals surface area contributed by atoms with Gasteiger partial charge in [0, 0.05) is 25.3 Å². The van der Waals surface area contributed by atoms with Crippen LogP contribution in [0, 0.1) is 11.7 Å². The van der Waals surface area contributed by atoms with Crippen LogP contribution in [-0.2, 0) is 4.79 Å². The average molecular weight is 460 g/mol. The van der Waals surface area contributed by atoms with Gasteiger partial charge in [0.1, 0.15) is 17.6 Å². The first-order valence-corrected chi connectivity index (χ1v) is 12.1. The lowest BCUT2D eigenvalue weighted by Gasteiger charge is -2.21. The van der Waals surface area contributed by atoms with Crippen molar-refractivity contribution < 1.29 is 18.7 Å². The molecule has 0 saturated carbocycles. The number of hydrogen-bond donors (Lipinski definition) is 2. The molecule has 1 heterocycles. The van der Waals surface area contributed by atoms with Gasteiger partial charge in [0.2, 0.25) is 5.91 Å². The molecule has 2 aromatic carbocycles. The Morgan fingerprint density at radius 1 is 1.22 bits per heavy atom. The fourth-order valence-electron chi connectivity index (χ4n) is 3.83. The number of halogens is 1. The van der Waals surface area contributed by atoms with E-state index in [-0.39, 0.29) is 17.6 Å². The van der Waals surface area contributed by atoms with E-state index in [0.717, 1.165) is 31.0 Å². The molecule has 2 aromatic rings. The summed E-state index contributed by atoms with van der Waals surface area (Å²) in [6.07, 6.45) is 3.46. The Balaban J connectivity index is 1.55. The predicted octanol–water partition coefficient (Wildman–Crippen LogP) is 3.33. The van der Waals surface area contributed by atoms with Gasteiger partial charge < -0.3 is 20.3 Å². The summed E-state index contributed by atoms with van der Waals surface area (Å²) in [6, 6.07) is 12.8. The van der Waals surface area contributed by atoms with E-state index in [1.54, 1.807) is 48.2 Å². The molecule has 0 radical (unpaired) electrons. The molecular formula is C24H30FN3O3S. The number of ether oxygens (including phenoxy) is 1. The largest absolute Gasteiger partial charge is 0.496 e. The number of carbonyl (C=O) groups is 2. The van der Waals surface area contributed by atoms with E-state index in [1.807, 2.05) is 6.26 Å². The second kappa shape index (κ2) is 11.8. The number of amides is 2. The van der Waals surface area contributed by atoms with Gasteiger partial charge in [0.15, 0.2) is 0 Å². The average Bonchev–Trinajstić information content (AvgIpc) is 3.29. The summed E-state index contributed by atoms with van der Waals surface area (Å²) in [6.45, 7) is 2.21. The topological polar surface area (TPSA) is 70.7 Å². The first kappa shape index (κ1) is 23.9. The van der Waals surface area contributed by atoms with Gasteiger partial charge in [-0.15, -0.1) is 0 Å². The van der Waals surface area contributed by atoms with Crippen LogP contribution in [0.3, 0.4) is 0 Å². The molecule has 2 N–H and O–H groups in total. The van der Waals surface area contributed by atoms with E-state index in [1.165, 1.54) is 19.2 Å². The third-order valence-corrected chi connectivity index (χ3v) is 6.27. The quantitative estimate of drug-likeness (QED) is 0.570. The van der Waals surface area contributed by atoms with E-state index in [0.29, 0.717) is 30.2 Å². The first-order valence-electron chi connectivity index (χ1n) is 10.7. The van der Waals surface area contributed by atoms with Gasteiger partial charge in [-0.1, -0.05) is 12.1 Å². The first-order chi connectivity index (χ1) is 15.5. The number of carbonyl (C=O) groups excluding carboxylic acids is 2. The van der Waals surface area contributed by atoms with E-state index in [2.05, 4.69) is 15.5 Å². The SMILES string of the molecule is COc1ccccc1C(=O)NC(CCSC)C(=O)NCC1CCN(c2ccc(F)cc2)C1. The Labute approximate surface area is 192 Å². The number of nitrogens with one attached hydrogen (secondary N) is 2. The third kappa shape index (κ3) is 6.38. The summed E-state index contributed by atoms with van der Waals surface area (Å²) in [4.78, 5) is 27.9. The zero-order valence-electron chi connectivity index (χ0n) is 18.5. The molecule has 1 aliphatic rings. The zero-order chi connectivity index (χ0) is 22.9. The van der Waals surface area contributed by atoms with Crippen LogP contribution in [0.4, 0.5) is 10.1 Å². The van der Waals surface area contributed by atoms with Crippen molar-refractivity contribution in [1.82, 2.24) is 10.6 Å². The minimum atomic E-state index is -0.616. The van der Waals surface area contributed by atoms with E-state index in [9.17, 15) is 14.0 Å². The second-order valence-corrected chi connectivity index (χ2v) is 8.82. The lowest BCUT2D eigenvalue weighted by molar-refractivity contribution is -0.123. The molecule has 8 heteroatoms. The predicted molar refractivity (Wildman–Crippen MR) is 127 cm³/mol.